The lowest BCUT2D eigenvalue weighted by molar-refractivity contribution is -0.111. The van der Waals surface area contributed by atoms with Gasteiger partial charge in [0, 0.05) is 0 Å². The molecule has 0 nitrogen and oxygen atoms in total. The monoisotopic (exact) mass is 438 g/mol. The Morgan fingerprint density at radius 1 is 0.344 bits per heavy atom. The van der Waals surface area contributed by atoms with E-state index in [0.29, 0.717) is 0 Å². The van der Waals surface area contributed by atoms with Gasteiger partial charge in [0.05, 0.1) is 0 Å². The van der Waals surface area contributed by atoms with Crippen molar-refractivity contribution < 1.29 is 0 Å². The molecule has 0 aromatic heterocycles. The predicted octanol–water partition coefficient (Wildman–Crippen LogP) is 9.52. The summed E-state index contributed by atoms with van der Waals surface area (Å²) in [5, 5.41) is 0. The first-order valence-corrected chi connectivity index (χ1v) is 15.7. The lowest BCUT2D eigenvalue weighted by atomic mass is 9.45. The predicted molar refractivity (Wildman–Crippen MR) is 136 cm³/mol. The van der Waals surface area contributed by atoms with Gasteiger partial charge in [-0.3, -0.25) is 0 Å². The maximum Gasteiger partial charge on any atom is -0.0321 e. The van der Waals surface area contributed by atoms with Crippen LogP contribution in [0.2, 0.25) is 0 Å². The number of rotatable bonds is 3. The Labute approximate surface area is 200 Å². The Hall–Kier alpha value is 0. The van der Waals surface area contributed by atoms with Gasteiger partial charge >= 0.3 is 0 Å². The fraction of sp³-hybridized carbons (Fsp3) is 1.00. The normalized spacial score (nSPS) is 50.8. The zero-order valence-corrected chi connectivity index (χ0v) is 21.7. The highest BCUT2D eigenvalue weighted by Crippen LogP contribution is 2.62. The van der Waals surface area contributed by atoms with E-state index in [4.69, 9.17) is 0 Å². The molecule has 0 saturated heterocycles. The minimum Gasteiger partial charge on any atom is -0.0619 e. The second kappa shape index (κ2) is 9.57. The molecule has 6 rings (SSSR count). The zero-order chi connectivity index (χ0) is 21.7. The molecule has 0 heterocycles. The van der Waals surface area contributed by atoms with Crippen LogP contribution in [0.1, 0.15) is 129 Å². The summed E-state index contributed by atoms with van der Waals surface area (Å²) in [6.45, 7) is 5.62. The fourth-order valence-corrected chi connectivity index (χ4v) is 11.8. The van der Waals surface area contributed by atoms with Crippen molar-refractivity contribution in [2.45, 2.75) is 129 Å². The highest BCUT2D eigenvalue weighted by atomic mass is 14.6. The molecule has 6 aliphatic carbocycles. The zero-order valence-electron chi connectivity index (χ0n) is 21.7. The highest BCUT2D eigenvalue weighted by molar-refractivity contribution is 5.04. The molecule has 0 amide bonds. The topological polar surface area (TPSA) is 0 Å². The summed E-state index contributed by atoms with van der Waals surface area (Å²) in [4.78, 5) is 0. The van der Waals surface area contributed by atoms with Gasteiger partial charge in [-0.05, 0) is 96.7 Å². The first-order chi connectivity index (χ1) is 15.7. The van der Waals surface area contributed by atoms with Crippen molar-refractivity contribution in [3.8, 4) is 0 Å². The third kappa shape index (κ3) is 3.94. The van der Waals surface area contributed by atoms with Crippen LogP contribution in [-0.2, 0) is 0 Å². The van der Waals surface area contributed by atoms with Crippen LogP contribution in [0, 0.1) is 71.0 Å². The molecule has 0 radical (unpaired) electrons. The Morgan fingerprint density at radius 3 is 1.03 bits per heavy atom. The van der Waals surface area contributed by atoms with E-state index in [1.54, 1.807) is 116 Å². The molecule has 32 heavy (non-hydrogen) atoms. The molecule has 0 N–H and O–H groups in total. The first kappa shape index (κ1) is 22.5. The third-order valence-corrected chi connectivity index (χ3v) is 13.1. The third-order valence-electron chi connectivity index (χ3n) is 13.1. The Morgan fingerprint density at radius 2 is 0.656 bits per heavy atom. The Bertz CT molecular complexity index is 556. The van der Waals surface area contributed by atoms with Gasteiger partial charge in [-0.25, -0.2) is 0 Å². The minimum absolute atomic E-state index is 1.02. The molecule has 10 unspecified atom stereocenters. The second-order valence-electron chi connectivity index (χ2n) is 14.2. The molecule has 0 aromatic carbocycles. The van der Waals surface area contributed by atoms with Crippen LogP contribution < -0.4 is 0 Å². The van der Waals surface area contributed by atoms with Gasteiger partial charge in [0.25, 0.3) is 0 Å². The molecule has 0 bridgehead atoms. The van der Waals surface area contributed by atoms with E-state index in [0.717, 1.165) is 71.0 Å². The molecular formula is C32H54. The van der Waals surface area contributed by atoms with Gasteiger partial charge in [0.1, 0.15) is 0 Å². The summed E-state index contributed by atoms with van der Waals surface area (Å²) < 4.78 is 0. The van der Waals surface area contributed by atoms with Crippen molar-refractivity contribution in [3.05, 3.63) is 0 Å². The quantitative estimate of drug-likeness (QED) is 0.411. The maximum atomic E-state index is 2.81. The summed E-state index contributed by atoms with van der Waals surface area (Å²) in [6, 6.07) is 0. The Balaban J connectivity index is 1.34. The van der Waals surface area contributed by atoms with E-state index in [9.17, 15) is 0 Å². The average molecular weight is 439 g/mol. The van der Waals surface area contributed by atoms with Gasteiger partial charge in [0.15, 0.2) is 0 Å². The average Bonchev–Trinajstić information content (AvgIpc) is 3.54. The van der Waals surface area contributed by atoms with Crippen LogP contribution in [0.25, 0.3) is 0 Å². The fourth-order valence-electron chi connectivity index (χ4n) is 11.8. The summed E-state index contributed by atoms with van der Waals surface area (Å²) in [5.41, 5.74) is 0. The van der Waals surface area contributed by atoms with Gasteiger partial charge < -0.3 is 0 Å². The van der Waals surface area contributed by atoms with Gasteiger partial charge in [0.2, 0.25) is 0 Å². The molecule has 0 spiro atoms. The SMILES string of the molecule is CC1C(C2CCCC2)CC2CCCCC2C1C1C(C)C(C2CCCC2)CC2CCCCC21. The van der Waals surface area contributed by atoms with Gasteiger partial charge in [-0.1, -0.05) is 104 Å². The van der Waals surface area contributed by atoms with E-state index in [2.05, 4.69) is 13.8 Å². The molecule has 6 fully saturated rings. The van der Waals surface area contributed by atoms with Gasteiger partial charge in [-0.2, -0.15) is 0 Å². The van der Waals surface area contributed by atoms with Crippen LogP contribution in [0.5, 0.6) is 0 Å². The summed E-state index contributed by atoms with van der Waals surface area (Å²) >= 11 is 0. The lowest BCUT2D eigenvalue weighted by Gasteiger charge is -2.60. The van der Waals surface area contributed by atoms with E-state index in [-0.39, 0.29) is 0 Å². The second-order valence-corrected chi connectivity index (χ2v) is 14.2. The first-order valence-electron chi connectivity index (χ1n) is 15.7. The largest absolute Gasteiger partial charge is 0.0619 e. The molecule has 0 aromatic rings. The van der Waals surface area contributed by atoms with E-state index in [1.165, 1.54) is 0 Å². The molecule has 6 saturated carbocycles. The summed E-state index contributed by atoms with van der Waals surface area (Å²) in [6.07, 6.45) is 28.4. The van der Waals surface area contributed by atoms with Crippen LogP contribution in [0.15, 0.2) is 0 Å². The van der Waals surface area contributed by atoms with Crippen LogP contribution in [0.4, 0.5) is 0 Å². The number of hydrogen-bond acceptors (Lipinski definition) is 0. The van der Waals surface area contributed by atoms with Crippen molar-refractivity contribution in [1.29, 1.82) is 0 Å². The Kier molecular flexibility index (Phi) is 6.72. The summed E-state index contributed by atoms with van der Waals surface area (Å²) in [5.74, 6) is 13.0. The van der Waals surface area contributed by atoms with E-state index >= 15 is 0 Å². The molecule has 6 aliphatic rings. The lowest BCUT2D eigenvalue weighted by Crippen LogP contribution is -2.53. The van der Waals surface area contributed by atoms with Crippen LogP contribution in [-0.4, -0.2) is 0 Å². The van der Waals surface area contributed by atoms with Crippen LogP contribution >= 0.6 is 0 Å². The minimum atomic E-state index is 1.02. The highest BCUT2D eigenvalue weighted by Gasteiger charge is 2.55. The molecule has 10 atom stereocenters. The van der Waals surface area contributed by atoms with E-state index < -0.39 is 0 Å². The summed E-state index contributed by atoms with van der Waals surface area (Å²) in [7, 11) is 0. The van der Waals surface area contributed by atoms with Crippen molar-refractivity contribution >= 4 is 0 Å². The molecule has 0 aliphatic heterocycles. The molecule has 182 valence electrons. The number of fused-ring (bicyclic) bond motifs is 2. The van der Waals surface area contributed by atoms with Crippen molar-refractivity contribution in [1.82, 2.24) is 0 Å². The van der Waals surface area contributed by atoms with Crippen molar-refractivity contribution in [2.75, 3.05) is 0 Å². The van der Waals surface area contributed by atoms with Crippen LogP contribution in [0.3, 0.4) is 0 Å². The van der Waals surface area contributed by atoms with E-state index in [1.807, 2.05) is 0 Å². The number of hydrogen-bond donors (Lipinski definition) is 0. The molecular weight excluding hydrogens is 384 g/mol. The van der Waals surface area contributed by atoms with Crippen molar-refractivity contribution in [3.63, 3.8) is 0 Å². The standard InChI is InChI=1S/C32H54/c1-21-29(23-11-3-4-12-23)19-25-15-7-9-17-27(25)31(21)32-22(2)30(24-13-5-6-14-24)20-26-16-8-10-18-28(26)32/h21-32H,3-20H2,1-2H3. The van der Waals surface area contributed by atoms with Gasteiger partial charge in [-0.15, -0.1) is 0 Å². The smallest absolute Gasteiger partial charge is 0.0321 e. The van der Waals surface area contributed by atoms with Crippen molar-refractivity contribution in [2.24, 2.45) is 71.0 Å². The molecule has 0 heteroatoms. The maximum absolute atomic E-state index is 2.81.